The van der Waals surface area contributed by atoms with Crippen molar-refractivity contribution in [3.63, 3.8) is 0 Å². The van der Waals surface area contributed by atoms with Crippen molar-refractivity contribution in [2.75, 3.05) is 13.2 Å². The monoisotopic (exact) mass is 636 g/mol. The molecule has 1 aliphatic rings. The van der Waals surface area contributed by atoms with E-state index in [2.05, 4.69) is 17.6 Å². The number of rotatable bonds is 18. The summed E-state index contributed by atoms with van der Waals surface area (Å²) in [6.07, 6.45) is 1.39. The Balaban J connectivity index is 1.44. The standard InChI is InChI=1S/C40H48N2O5/c1-2-3-16-25-41-40(43)36-38(46-28-33-21-12-6-13-22-33)39(47-29-34-23-14-7-15-24-34)37(45-27-32-19-10-5-11-20-32)35(42-36)30-44-26-31-17-8-4-9-18-31/h4-15,17-24,35-39,42H,2-3,16,25-30H2,1H3,(H,41,43)/t35-,36+,37-,38+,39+/m1/s1. The van der Waals surface area contributed by atoms with Gasteiger partial charge in [0.15, 0.2) is 0 Å². The summed E-state index contributed by atoms with van der Waals surface area (Å²) >= 11 is 0. The molecule has 4 aromatic carbocycles. The summed E-state index contributed by atoms with van der Waals surface area (Å²) in [4.78, 5) is 13.9. The van der Waals surface area contributed by atoms with Crippen LogP contribution in [0.4, 0.5) is 0 Å². The number of benzene rings is 4. The highest BCUT2D eigenvalue weighted by molar-refractivity contribution is 5.82. The van der Waals surface area contributed by atoms with Gasteiger partial charge in [-0.3, -0.25) is 10.1 Å². The van der Waals surface area contributed by atoms with Crippen LogP contribution in [0.15, 0.2) is 121 Å². The first-order valence-electron chi connectivity index (χ1n) is 16.8. The highest BCUT2D eigenvalue weighted by Crippen LogP contribution is 2.28. The Hall–Kier alpha value is -3.85. The first-order chi connectivity index (χ1) is 23.2. The van der Waals surface area contributed by atoms with Gasteiger partial charge in [-0.2, -0.15) is 0 Å². The first-order valence-corrected chi connectivity index (χ1v) is 16.8. The second kappa shape index (κ2) is 19.1. The molecule has 0 unspecified atom stereocenters. The summed E-state index contributed by atoms with van der Waals surface area (Å²) in [5, 5.41) is 6.78. The maximum atomic E-state index is 13.9. The summed E-state index contributed by atoms with van der Waals surface area (Å²) in [5.41, 5.74) is 4.19. The lowest BCUT2D eigenvalue weighted by atomic mass is 9.89. The van der Waals surface area contributed by atoms with Crippen molar-refractivity contribution in [1.82, 2.24) is 10.6 Å². The minimum atomic E-state index is -0.678. The largest absolute Gasteiger partial charge is 0.375 e. The van der Waals surface area contributed by atoms with Crippen LogP contribution in [0.5, 0.6) is 0 Å². The SMILES string of the molecule is CCCCCNC(=O)[C@H]1N[C@H](COCc2ccccc2)[C@@H](OCc2ccccc2)[C@H](OCc2ccccc2)[C@H]1OCc1ccccc1. The Labute approximate surface area is 279 Å². The van der Waals surface area contributed by atoms with Crippen molar-refractivity contribution in [2.24, 2.45) is 0 Å². The van der Waals surface area contributed by atoms with E-state index in [9.17, 15) is 4.79 Å². The van der Waals surface area contributed by atoms with E-state index in [4.69, 9.17) is 18.9 Å². The number of hydrogen-bond donors (Lipinski definition) is 2. The molecule has 0 bridgehead atoms. The topological polar surface area (TPSA) is 78.1 Å². The predicted molar refractivity (Wildman–Crippen MR) is 184 cm³/mol. The molecule has 1 aliphatic heterocycles. The number of amides is 1. The number of carbonyl (C=O) groups excluding carboxylic acids is 1. The quantitative estimate of drug-likeness (QED) is 0.120. The summed E-state index contributed by atoms with van der Waals surface area (Å²) < 4.78 is 26.4. The van der Waals surface area contributed by atoms with Crippen LogP contribution in [0.3, 0.4) is 0 Å². The summed E-state index contributed by atoms with van der Waals surface area (Å²) in [7, 11) is 0. The number of ether oxygens (including phenoxy) is 4. The van der Waals surface area contributed by atoms with E-state index in [1.54, 1.807) is 0 Å². The van der Waals surface area contributed by atoms with Gasteiger partial charge in [-0.25, -0.2) is 0 Å². The molecular formula is C40H48N2O5. The molecule has 4 aromatic rings. The van der Waals surface area contributed by atoms with Gasteiger partial charge < -0.3 is 24.3 Å². The van der Waals surface area contributed by atoms with Crippen molar-refractivity contribution in [3.8, 4) is 0 Å². The molecular weight excluding hydrogens is 588 g/mol. The van der Waals surface area contributed by atoms with Gasteiger partial charge in [-0.1, -0.05) is 141 Å². The normalized spacial score (nSPS) is 20.9. The van der Waals surface area contributed by atoms with Crippen LogP contribution in [-0.4, -0.2) is 49.5 Å². The fourth-order valence-electron chi connectivity index (χ4n) is 5.86. The maximum absolute atomic E-state index is 13.9. The maximum Gasteiger partial charge on any atom is 0.239 e. The molecule has 2 N–H and O–H groups in total. The molecule has 0 radical (unpaired) electrons. The highest BCUT2D eigenvalue weighted by Gasteiger charge is 2.49. The number of piperidine rings is 1. The number of hydrogen-bond acceptors (Lipinski definition) is 6. The van der Waals surface area contributed by atoms with Crippen LogP contribution in [0.2, 0.25) is 0 Å². The van der Waals surface area contributed by atoms with Crippen LogP contribution >= 0.6 is 0 Å². The molecule has 1 heterocycles. The molecule has 1 amide bonds. The van der Waals surface area contributed by atoms with Crippen LogP contribution < -0.4 is 10.6 Å². The van der Waals surface area contributed by atoms with E-state index in [-0.39, 0.29) is 11.9 Å². The molecule has 1 saturated heterocycles. The molecule has 1 fully saturated rings. The summed E-state index contributed by atoms with van der Waals surface area (Å²) in [6, 6.07) is 39.3. The molecule has 0 aromatic heterocycles. The molecule has 0 spiro atoms. The summed E-state index contributed by atoms with van der Waals surface area (Å²) in [5.74, 6) is -0.109. The molecule has 47 heavy (non-hydrogen) atoms. The highest BCUT2D eigenvalue weighted by atomic mass is 16.6. The van der Waals surface area contributed by atoms with Crippen LogP contribution in [0.25, 0.3) is 0 Å². The van der Waals surface area contributed by atoms with Crippen molar-refractivity contribution >= 4 is 5.91 Å². The zero-order valence-electron chi connectivity index (χ0n) is 27.3. The smallest absolute Gasteiger partial charge is 0.239 e. The third-order valence-corrected chi connectivity index (χ3v) is 8.39. The third-order valence-electron chi connectivity index (χ3n) is 8.39. The van der Waals surface area contributed by atoms with E-state index < -0.39 is 24.4 Å². The lowest BCUT2D eigenvalue weighted by molar-refractivity contribution is -0.196. The van der Waals surface area contributed by atoms with E-state index in [0.717, 1.165) is 41.5 Å². The van der Waals surface area contributed by atoms with Crippen molar-refractivity contribution in [1.29, 1.82) is 0 Å². The Morgan fingerprint density at radius 2 is 1.04 bits per heavy atom. The fourth-order valence-corrected chi connectivity index (χ4v) is 5.86. The summed E-state index contributed by atoms with van der Waals surface area (Å²) in [6.45, 7) is 4.60. The van der Waals surface area contributed by atoms with E-state index in [1.807, 2.05) is 121 Å². The van der Waals surface area contributed by atoms with Crippen molar-refractivity contribution < 1.29 is 23.7 Å². The Morgan fingerprint density at radius 3 is 1.53 bits per heavy atom. The third kappa shape index (κ3) is 10.8. The lowest BCUT2D eigenvalue weighted by Crippen LogP contribution is -2.71. The first kappa shape index (κ1) is 34.5. The Bertz CT molecular complexity index is 1420. The molecule has 5 rings (SSSR count). The van der Waals surface area contributed by atoms with Gasteiger partial charge in [0.1, 0.15) is 24.4 Å². The Morgan fingerprint density at radius 1 is 0.596 bits per heavy atom. The number of nitrogens with one attached hydrogen (secondary N) is 2. The van der Waals surface area contributed by atoms with Gasteiger partial charge in [0.2, 0.25) is 5.91 Å². The molecule has 248 valence electrons. The average Bonchev–Trinajstić information content (AvgIpc) is 3.12. The second-order valence-corrected chi connectivity index (χ2v) is 12.0. The molecule has 7 heteroatoms. The van der Waals surface area contributed by atoms with Crippen LogP contribution in [0, 0.1) is 0 Å². The second-order valence-electron chi connectivity index (χ2n) is 12.0. The van der Waals surface area contributed by atoms with Crippen molar-refractivity contribution in [3.05, 3.63) is 144 Å². The number of carbonyl (C=O) groups is 1. The zero-order chi connectivity index (χ0) is 32.5. The minimum absolute atomic E-state index is 0.109. The van der Waals surface area contributed by atoms with E-state index >= 15 is 0 Å². The van der Waals surface area contributed by atoms with Gasteiger partial charge in [0.05, 0.1) is 39.1 Å². The van der Waals surface area contributed by atoms with E-state index in [0.29, 0.717) is 39.6 Å². The van der Waals surface area contributed by atoms with Gasteiger partial charge >= 0.3 is 0 Å². The van der Waals surface area contributed by atoms with E-state index in [1.165, 1.54) is 0 Å². The fraction of sp³-hybridized carbons (Fsp3) is 0.375. The van der Waals surface area contributed by atoms with Crippen LogP contribution in [0.1, 0.15) is 48.4 Å². The van der Waals surface area contributed by atoms with Gasteiger partial charge in [0.25, 0.3) is 0 Å². The molecule has 7 nitrogen and oxygen atoms in total. The lowest BCUT2D eigenvalue weighted by Gasteiger charge is -2.46. The average molecular weight is 637 g/mol. The van der Waals surface area contributed by atoms with Gasteiger partial charge in [-0.05, 0) is 28.7 Å². The van der Waals surface area contributed by atoms with Crippen molar-refractivity contribution in [2.45, 2.75) is 83.0 Å². The van der Waals surface area contributed by atoms with Gasteiger partial charge in [-0.15, -0.1) is 0 Å². The predicted octanol–water partition coefficient (Wildman–Crippen LogP) is 6.61. The van der Waals surface area contributed by atoms with Crippen LogP contribution in [-0.2, 0) is 50.2 Å². The molecule has 0 aliphatic carbocycles. The zero-order valence-corrected chi connectivity index (χ0v) is 27.3. The Kier molecular flexibility index (Phi) is 14.0. The molecule has 5 atom stereocenters. The minimum Gasteiger partial charge on any atom is -0.375 e. The number of unbranched alkanes of at least 4 members (excludes halogenated alkanes) is 2. The molecule has 0 saturated carbocycles. The van der Waals surface area contributed by atoms with Gasteiger partial charge in [0, 0.05) is 6.54 Å².